The zero-order valence-electron chi connectivity index (χ0n) is 4.93. The van der Waals surface area contributed by atoms with Gasteiger partial charge < -0.3 is 4.42 Å². The number of thioether (sulfide) groups is 1. The molecule has 0 amide bonds. The van der Waals surface area contributed by atoms with Crippen molar-refractivity contribution in [1.82, 2.24) is 4.98 Å². The van der Waals surface area contributed by atoms with Gasteiger partial charge in [0.15, 0.2) is 11.5 Å². The van der Waals surface area contributed by atoms with E-state index in [1.807, 2.05) is 6.26 Å². The van der Waals surface area contributed by atoms with Crippen LogP contribution in [-0.2, 0) is 5.88 Å². The van der Waals surface area contributed by atoms with Gasteiger partial charge in [-0.05, 0) is 6.26 Å². The molecule has 0 aliphatic carbocycles. The number of halogens is 1. The Morgan fingerprint density at radius 2 is 2.67 bits per heavy atom. The first kappa shape index (κ1) is 6.96. The Morgan fingerprint density at radius 3 is 3.11 bits per heavy atom. The number of rotatable bonds is 2. The molecular formula is C5H6ClNOS. The van der Waals surface area contributed by atoms with Gasteiger partial charge >= 0.3 is 0 Å². The Kier molecular flexibility index (Phi) is 2.42. The van der Waals surface area contributed by atoms with Gasteiger partial charge in [-0.15, -0.1) is 11.6 Å². The Balaban J connectivity index is 2.85. The van der Waals surface area contributed by atoms with Gasteiger partial charge in [0.1, 0.15) is 5.69 Å². The van der Waals surface area contributed by atoms with Gasteiger partial charge in [-0.25, -0.2) is 4.98 Å². The molecule has 0 aliphatic rings. The van der Waals surface area contributed by atoms with Crippen LogP contribution in [0.15, 0.2) is 15.9 Å². The molecule has 0 aromatic carbocycles. The van der Waals surface area contributed by atoms with E-state index in [2.05, 4.69) is 4.98 Å². The van der Waals surface area contributed by atoms with Crippen LogP contribution in [0.25, 0.3) is 0 Å². The van der Waals surface area contributed by atoms with E-state index in [4.69, 9.17) is 16.0 Å². The van der Waals surface area contributed by atoms with E-state index in [1.54, 1.807) is 0 Å². The van der Waals surface area contributed by atoms with Crippen LogP contribution < -0.4 is 0 Å². The van der Waals surface area contributed by atoms with Gasteiger partial charge in [-0.1, -0.05) is 11.8 Å². The standard InChI is InChI=1S/C5H6ClNOS/c1-9-5-4(2-6)7-3-8-5/h3H,2H2,1H3. The van der Waals surface area contributed by atoms with Crippen LogP contribution in [0.2, 0.25) is 0 Å². The Hall–Kier alpha value is -0.150. The van der Waals surface area contributed by atoms with E-state index in [0.717, 1.165) is 10.8 Å². The third-order valence-electron chi connectivity index (χ3n) is 0.916. The molecule has 0 saturated carbocycles. The minimum Gasteiger partial charge on any atom is -0.437 e. The van der Waals surface area contributed by atoms with E-state index in [0.29, 0.717) is 5.88 Å². The monoisotopic (exact) mass is 163 g/mol. The third-order valence-corrected chi connectivity index (χ3v) is 1.87. The van der Waals surface area contributed by atoms with E-state index in [-0.39, 0.29) is 0 Å². The molecule has 9 heavy (non-hydrogen) atoms. The zero-order chi connectivity index (χ0) is 6.69. The minimum atomic E-state index is 0.423. The second-order valence-electron chi connectivity index (χ2n) is 1.42. The van der Waals surface area contributed by atoms with E-state index >= 15 is 0 Å². The number of hydrogen-bond acceptors (Lipinski definition) is 3. The van der Waals surface area contributed by atoms with Gasteiger partial charge in [-0.2, -0.15) is 0 Å². The lowest BCUT2D eigenvalue weighted by Crippen LogP contribution is -1.76. The lowest BCUT2D eigenvalue weighted by Gasteiger charge is -1.87. The molecule has 0 spiro atoms. The van der Waals surface area contributed by atoms with Gasteiger partial charge in [-0.3, -0.25) is 0 Å². The molecule has 50 valence electrons. The fourth-order valence-electron chi connectivity index (χ4n) is 0.514. The third kappa shape index (κ3) is 1.40. The summed E-state index contributed by atoms with van der Waals surface area (Å²) in [5.74, 6) is 0.423. The summed E-state index contributed by atoms with van der Waals surface area (Å²) in [5, 5.41) is 0.810. The Bertz CT molecular complexity index is 170. The van der Waals surface area contributed by atoms with Gasteiger partial charge in [0, 0.05) is 0 Å². The van der Waals surface area contributed by atoms with Crippen molar-refractivity contribution in [1.29, 1.82) is 0 Å². The molecule has 1 aromatic rings. The highest BCUT2D eigenvalue weighted by atomic mass is 35.5. The molecule has 0 aliphatic heterocycles. The summed E-state index contributed by atoms with van der Waals surface area (Å²) in [6.07, 6.45) is 3.33. The first-order valence-electron chi connectivity index (χ1n) is 2.40. The highest BCUT2D eigenvalue weighted by molar-refractivity contribution is 7.98. The smallest absolute Gasteiger partial charge is 0.184 e. The van der Waals surface area contributed by atoms with Crippen LogP contribution in [0.5, 0.6) is 0 Å². The predicted molar refractivity (Wildman–Crippen MR) is 37.8 cm³/mol. The average molecular weight is 164 g/mol. The van der Waals surface area contributed by atoms with Crippen LogP contribution >= 0.6 is 23.4 Å². The van der Waals surface area contributed by atoms with E-state index < -0.39 is 0 Å². The molecular weight excluding hydrogens is 158 g/mol. The number of aromatic nitrogens is 1. The number of alkyl halides is 1. The number of hydrogen-bond donors (Lipinski definition) is 0. The molecule has 1 rings (SSSR count). The van der Waals surface area contributed by atoms with E-state index in [1.165, 1.54) is 18.2 Å². The Labute approximate surface area is 62.6 Å². The molecule has 0 atom stereocenters. The molecule has 4 heteroatoms. The molecule has 0 radical (unpaired) electrons. The molecule has 0 bridgehead atoms. The maximum absolute atomic E-state index is 5.52. The average Bonchev–Trinajstić information content (AvgIpc) is 2.33. The molecule has 2 nitrogen and oxygen atoms in total. The number of oxazole rings is 1. The maximum atomic E-state index is 5.52. The fourth-order valence-corrected chi connectivity index (χ4v) is 1.28. The van der Waals surface area contributed by atoms with Crippen molar-refractivity contribution >= 4 is 23.4 Å². The van der Waals surface area contributed by atoms with Crippen LogP contribution in [-0.4, -0.2) is 11.2 Å². The second kappa shape index (κ2) is 3.13. The largest absolute Gasteiger partial charge is 0.437 e. The zero-order valence-corrected chi connectivity index (χ0v) is 6.50. The van der Waals surface area contributed by atoms with Crippen molar-refractivity contribution in [2.45, 2.75) is 11.0 Å². The van der Waals surface area contributed by atoms with E-state index in [9.17, 15) is 0 Å². The minimum absolute atomic E-state index is 0.423. The highest BCUT2D eigenvalue weighted by Crippen LogP contribution is 2.19. The summed E-state index contributed by atoms with van der Waals surface area (Å²) in [6.45, 7) is 0. The number of nitrogens with zero attached hydrogens (tertiary/aromatic N) is 1. The van der Waals surface area contributed by atoms with Crippen LogP contribution in [0, 0.1) is 0 Å². The molecule has 0 unspecified atom stereocenters. The van der Waals surface area contributed by atoms with Crippen LogP contribution in [0.4, 0.5) is 0 Å². The predicted octanol–water partition coefficient (Wildman–Crippen LogP) is 2.14. The SMILES string of the molecule is CSc1ocnc1CCl. The van der Waals surface area contributed by atoms with Crippen molar-refractivity contribution < 1.29 is 4.42 Å². The quantitative estimate of drug-likeness (QED) is 0.494. The maximum Gasteiger partial charge on any atom is 0.184 e. The molecule has 0 N–H and O–H groups in total. The first-order chi connectivity index (χ1) is 4.38. The summed E-state index contributed by atoms with van der Waals surface area (Å²) in [4.78, 5) is 3.89. The first-order valence-corrected chi connectivity index (χ1v) is 4.16. The lowest BCUT2D eigenvalue weighted by atomic mass is 10.6. The summed E-state index contributed by atoms with van der Waals surface area (Å²) in [6, 6.07) is 0. The molecule has 0 fully saturated rings. The summed E-state index contributed by atoms with van der Waals surface area (Å²) < 4.78 is 4.97. The van der Waals surface area contributed by atoms with Gasteiger partial charge in [0.2, 0.25) is 0 Å². The lowest BCUT2D eigenvalue weighted by molar-refractivity contribution is 0.467. The van der Waals surface area contributed by atoms with Crippen molar-refractivity contribution in [2.75, 3.05) is 6.26 Å². The molecule has 1 heterocycles. The summed E-state index contributed by atoms with van der Waals surface area (Å²) in [7, 11) is 0. The molecule has 0 saturated heterocycles. The van der Waals surface area contributed by atoms with Crippen molar-refractivity contribution in [3.05, 3.63) is 12.1 Å². The van der Waals surface area contributed by atoms with Gasteiger partial charge in [0.05, 0.1) is 5.88 Å². The van der Waals surface area contributed by atoms with Gasteiger partial charge in [0.25, 0.3) is 0 Å². The normalized spacial score (nSPS) is 10.0. The van der Waals surface area contributed by atoms with Crippen molar-refractivity contribution in [3.8, 4) is 0 Å². The highest BCUT2D eigenvalue weighted by Gasteiger charge is 2.02. The fraction of sp³-hybridized carbons (Fsp3) is 0.400. The topological polar surface area (TPSA) is 26.0 Å². The van der Waals surface area contributed by atoms with Crippen LogP contribution in [0.1, 0.15) is 5.69 Å². The van der Waals surface area contributed by atoms with Crippen LogP contribution in [0.3, 0.4) is 0 Å². The summed E-state index contributed by atoms with van der Waals surface area (Å²) in [5.41, 5.74) is 0.823. The Morgan fingerprint density at radius 1 is 1.89 bits per heavy atom. The summed E-state index contributed by atoms with van der Waals surface area (Å²) >= 11 is 7.03. The molecule has 1 aromatic heterocycles. The van der Waals surface area contributed by atoms with Crippen molar-refractivity contribution in [3.63, 3.8) is 0 Å². The van der Waals surface area contributed by atoms with Crippen molar-refractivity contribution in [2.24, 2.45) is 0 Å². The second-order valence-corrected chi connectivity index (χ2v) is 2.47.